The Kier molecular flexibility index (Phi) is 8.31. The van der Waals surface area contributed by atoms with Crippen LogP contribution in [0.1, 0.15) is 49.1 Å². The van der Waals surface area contributed by atoms with Gasteiger partial charge in [0, 0.05) is 38.3 Å². The molecule has 29 heavy (non-hydrogen) atoms. The van der Waals surface area contributed by atoms with Crippen LogP contribution in [0.3, 0.4) is 0 Å². The number of hydrogen-bond donors (Lipinski definition) is 3. The van der Waals surface area contributed by atoms with Gasteiger partial charge in [0.2, 0.25) is 5.88 Å². The second kappa shape index (κ2) is 11.4. The third-order valence-corrected chi connectivity index (χ3v) is 5.33. The molecule has 1 heterocycles. The summed E-state index contributed by atoms with van der Waals surface area (Å²) in [4.78, 5) is 8.71. The Bertz CT molecular complexity index is 743. The Morgan fingerprint density at radius 2 is 1.93 bits per heavy atom. The molecule has 1 unspecified atom stereocenters. The molecule has 0 radical (unpaired) electrons. The van der Waals surface area contributed by atoms with E-state index in [2.05, 4.69) is 20.6 Å². The van der Waals surface area contributed by atoms with Crippen LogP contribution in [0.15, 0.2) is 53.7 Å². The molecule has 0 bridgehead atoms. The number of rotatable bonds is 8. The molecule has 6 nitrogen and oxygen atoms in total. The summed E-state index contributed by atoms with van der Waals surface area (Å²) in [5.74, 6) is 1.42. The zero-order chi connectivity index (χ0) is 20.3. The highest BCUT2D eigenvalue weighted by atomic mass is 16.5. The van der Waals surface area contributed by atoms with Crippen molar-refractivity contribution in [2.75, 3.05) is 20.2 Å². The standard InChI is InChI=1S/C23H32N4O2/c1-24-23(27-16-20(17-28)19-8-4-2-5-9-19)26-15-18-12-13-22(25-14-18)29-21-10-6-3-7-11-21/h2,4-5,8-9,12-14,20-21,28H,3,6-7,10-11,15-17H2,1H3,(H2,24,26,27). The van der Waals surface area contributed by atoms with Crippen LogP contribution in [0, 0.1) is 0 Å². The topological polar surface area (TPSA) is 78.8 Å². The highest BCUT2D eigenvalue weighted by Crippen LogP contribution is 2.22. The number of hydrogen-bond acceptors (Lipinski definition) is 4. The largest absolute Gasteiger partial charge is 0.474 e. The molecule has 3 N–H and O–H groups in total. The minimum atomic E-state index is 0.0210. The number of benzene rings is 1. The SMILES string of the molecule is CN=C(NCc1ccc(OC2CCCCC2)nc1)NCC(CO)c1ccccc1. The first-order valence-corrected chi connectivity index (χ1v) is 10.5. The number of nitrogens with one attached hydrogen (secondary N) is 2. The molecule has 1 aromatic carbocycles. The van der Waals surface area contributed by atoms with Crippen LogP contribution in [0.25, 0.3) is 0 Å². The summed E-state index contributed by atoms with van der Waals surface area (Å²) in [6, 6.07) is 14.0. The van der Waals surface area contributed by atoms with E-state index < -0.39 is 0 Å². The third kappa shape index (κ3) is 6.75. The van der Waals surface area contributed by atoms with Gasteiger partial charge in [0.1, 0.15) is 6.10 Å². The Morgan fingerprint density at radius 3 is 2.59 bits per heavy atom. The van der Waals surface area contributed by atoms with Crippen molar-refractivity contribution in [1.29, 1.82) is 0 Å². The van der Waals surface area contributed by atoms with E-state index in [4.69, 9.17) is 4.74 Å². The van der Waals surface area contributed by atoms with Gasteiger partial charge < -0.3 is 20.5 Å². The van der Waals surface area contributed by atoms with Gasteiger partial charge in [-0.25, -0.2) is 4.98 Å². The number of aromatic nitrogens is 1. The van der Waals surface area contributed by atoms with Gasteiger partial charge in [0.25, 0.3) is 0 Å². The Morgan fingerprint density at radius 1 is 1.14 bits per heavy atom. The summed E-state index contributed by atoms with van der Waals surface area (Å²) in [5, 5.41) is 16.3. The fraction of sp³-hybridized carbons (Fsp3) is 0.478. The molecule has 6 heteroatoms. The minimum Gasteiger partial charge on any atom is -0.474 e. The number of ether oxygens (including phenoxy) is 1. The Balaban J connectivity index is 1.45. The molecule has 0 saturated heterocycles. The van der Waals surface area contributed by atoms with Gasteiger partial charge >= 0.3 is 0 Å². The van der Waals surface area contributed by atoms with E-state index in [0.717, 1.165) is 24.0 Å². The number of aliphatic hydroxyl groups excluding tert-OH is 1. The maximum absolute atomic E-state index is 9.70. The number of guanidine groups is 1. The molecule has 156 valence electrons. The first kappa shape index (κ1) is 21.1. The van der Waals surface area contributed by atoms with Crippen molar-refractivity contribution in [3.8, 4) is 5.88 Å². The third-order valence-electron chi connectivity index (χ3n) is 5.33. The lowest BCUT2D eigenvalue weighted by atomic mass is 9.98. The molecule has 0 spiro atoms. The van der Waals surface area contributed by atoms with E-state index in [0.29, 0.717) is 31.0 Å². The van der Waals surface area contributed by atoms with E-state index in [1.54, 1.807) is 7.05 Å². The lowest BCUT2D eigenvalue weighted by molar-refractivity contribution is 0.148. The molecule has 1 aliphatic rings. The van der Waals surface area contributed by atoms with Crippen LogP contribution in [0.5, 0.6) is 5.88 Å². The predicted octanol–water partition coefficient (Wildman–Crippen LogP) is 3.23. The molecule has 0 amide bonds. The van der Waals surface area contributed by atoms with Gasteiger partial charge in [-0.1, -0.05) is 42.8 Å². The molecule has 1 aromatic heterocycles. The summed E-state index contributed by atoms with van der Waals surface area (Å²) in [7, 11) is 1.74. The van der Waals surface area contributed by atoms with Crippen molar-refractivity contribution in [1.82, 2.24) is 15.6 Å². The molecule has 3 rings (SSSR count). The summed E-state index contributed by atoms with van der Waals surface area (Å²) < 4.78 is 5.99. The number of aliphatic imine (C=N–C) groups is 1. The van der Waals surface area contributed by atoms with E-state index in [9.17, 15) is 5.11 Å². The number of nitrogens with zero attached hydrogens (tertiary/aromatic N) is 2. The number of aliphatic hydroxyl groups is 1. The van der Waals surface area contributed by atoms with Crippen molar-refractivity contribution >= 4 is 5.96 Å². The van der Waals surface area contributed by atoms with Crippen molar-refractivity contribution < 1.29 is 9.84 Å². The normalized spacial score (nSPS) is 16.3. The van der Waals surface area contributed by atoms with Crippen molar-refractivity contribution in [2.45, 2.75) is 50.7 Å². The zero-order valence-corrected chi connectivity index (χ0v) is 17.2. The van der Waals surface area contributed by atoms with Gasteiger partial charge in [-0.05, 0) is 36.8 Å². The van der Waals surface area contributed by atoms with Crippen LogP contribution in [0.2, 0.25) is 0 Å². The second-order valence-corrected chi connectivity index (χ2v) is 7.48. The molecule has 1 saturated carbocycles. The van der Waals surface area contributed by atoms with E-state index in [1.165, 1.54) is 19.3 Å². The van der Waals surface area contributed by atoms with Crippen LogP contribution in [0.4, 0.5) is 0 Å². The van der Waals surface area contributed by atoms with Gasteiger partial charge in [-0.3, -0.25) is 4.99 Å². The van der Waals surface area contributed by atoms with Gasteiger partial charge in [-0.2, -0.15) is 0 Å². The second-order valence-electron chi connectivity index (χ2n) is 7.48. The summed E-state index contributed by atoms with van der Waals surface area (Å²) in [6.45, 7) is 1.30. The summed E-state index contributed by atoms with van der Waals surface area (Å²) in [6.07, 6.45) is 8.24. The molecule has 0 aliphatic heterocycles. The molecule has 1 fully saturated rings. The molecule has 2 aromatic rings. The average molecular weight is 397 g/mol. The first-order valence-electron chi connectivity index (χ1n) is 10.5. The van der Waals surface area contributed by atoms with Gasteiger partial charge in [0.15, 0.2) is 5.96 Å². The van der Waals surface area contributed by atoms with Crippen molar-refractivity contribution in [3.05, 3.63) is 59.8 Å². The van der Waals surface area contributed by atoms with Crippen LogP contribution in [-0.2, 0) is 6.54 Å². The van der Waals surface area contributed by atoms with E-state index >= 15 is 0 Å². The number of pyridine rings is 1. The molecule has 1 aliphatic carbocycles. The van der Waals surface area contributed by atoms with Crippen molar-refractivity contribution in [3.63, 3.8) is 0 Å². The van der Waals surface area contributed by atoms with Gasteiger partial charge in [0.05, 0.1) is 6.61 Å². The zero-order valence-electron chi connectivity index (χ0n) is 17.2. The highest BCUT2D eigenvalue weighted by molar-refractivity contribution is 5.79. The summed E-state index contributed by atoms with van der Waals surface area (Å²) in [5.41, 5.74) is 2.17. The van der Waals surface area contributed by atoms with E-state index in [1.807, 2.05) is 48.7 Å². The monoisotopic (exact) mass is 396 g/mol. The average Bonchev–Trinajstić information content (AvgIpc) is 2.78. The fourth-order valence-corrected chi connectivity index (χ4v) is 3.58. The molecule has 1 atom stereocenters. The maximum atomic E-state index is 9.70. The predicted molar refractivity (Wildman–Crippen MR) is 116 cm³/mol. The first-order chi connectivity index (χ1) is 14.3. The minimum absolute atomic E-state index is 0.0210. The van der Waals surface area contributed by atoms with Crippen molar-refractivity contribution in [2.24, 2.45) is 4.99 Å². The van der Waals surface area contributed by atoms with Gasteiger partial charge in [-0.15, -0.1) is 0 Å². The lowest BCUT2D eigenvalue weighted by Crippen LogP contribution is -2.39. The quantitative estimate of drug-likeness (QED) is 0.472. The van der Waals surface area contributed by atoms with Crippen LogP contribution < -0.4 is 15.4 Å². The smallest absolute Gasteiger partial charge is 0.213 e. The highest BCUT2D eigenvalue weighted by Gasteiger charge is 2.15. The molecular formula is C23H32N4O2. The lowest BCUT2D eigenvalue weighted by Gasteiger charge is -2.22. The van der Waals surface area contributed by atoms with Crippen LogP contribution >= 0.6 is 0 Å². The van der Waals surface area contributed by atoms with E-state index in [-0.39, 0.29) is 12.5 Å². The Hall–Kier alpha value is -2.60. The maximum Gasteiger partial charge on any atom is 0.213 e. The fourth-order valence-electron chi connectivity index (χ4n) is 3.58. The summed E-state index contributed by atoms with van der Waals surface area (Å²) >= 11 is 0. The van der Waals surface area contributed by atoms with Crippen LogP contribution in [-0.4, -0.2) is 42.4 Å². The Labute approximate surface area is 173 Å². The molecular weight excluding hydrogens is 364 g/mol.